The summed E-state index contributed by atoms with van der Waals surface area (Å²) in [5.41, 5.74) is -0.752. The molecule has 2 N–H and O–H groups in total. The fraction of sp³-hybridized carbons (Fsp3) is 0.733. The molecule has 2 aliphatic rings. The van der Waals surface area contributed by atoms with Crippen LogP contribution in [0.3, 0.4) is 0 Å². The van der Waals surface area contributed by atoms with Gasteiger partial charge in [0.25, 0.3) is 0 Å². The number of nitrogens with zero attached hydrogens (tertiary/aromatic N) is 1. The lowest BCUT2D eigenvalue weighted by molar-refractivity contribution is -0.152. The highest BCUT2D eigenvalue weighted by Crippen LogP contribution is 2.35. The van der Waals surface area contributed by atoms with Crippen molar-refractivity contribution in [2.75, 3.05) is 13.1 Å². The zero-order valence-electron chi connectivity index (χ0n) is 12.1. The van der Waals surface area contributed by atoms with E-state index in [0.29, 0.717) is 25.9 Å². The molecule has 1 unspecified atom stereocenters. The number of carboxylic acids is 1. The Labute approximate surface area is 120 Å². The normalized spacial score (nSPS) is 26.8. The predicted molar refractivity (Wildman–Crippen MR) is 76.5 cm³/mol. The smallest absolute Gasteiger partial charge is 0.317 e. The minimum atomic E-state index is -0.764. The molecule has 0 aromatic heterocycles. The third-order valence-corrected chi connectivity index (χ3v) is 4.38. The first-order valence-corrected chi connectivity index (χ1v) is 7.51. The summed E-state index contributed by atoms with van der Waals surface area (Å²) in [5.74, 6) is -0.764. The quantitative estimate of drug-likeness (QED) is 0.777. The molecule has 0 radical (unpaired) electrons. The first-order valence-electron chi connectivity index (χ1n) is 7.51. The van der Waals surface area contributed by atoms with Crippen molar-refractivity contribution in [3.63, 3.8) is 0 Å². The summed E-state index contributed by atoms with van der Waals surface area (Å²) >= 11 is 0. The van der Waals surface area contributed by atoms with Gasteiger partial charge in [0.1, 0.15) is 0 Å². The molecule has 1 saturated heterocycles. The van der Waals surface area contributed by atoms with Gasteiger partial charge in [-0.05, 0) is 32.1 Å². The Kier molecular flexibility index (Phi) is 4.68. The number of likely N-dealkylation sites (tertiary alicyclic amines) is 1. The number of carbonyl (C=O) groups is 2. The summed E-state index contributed by atoms with van der Waals surface area (Å²) in [5, 5.41) is 12.5. The molecule has 2 amide bonds. The van der Waals surface area contributed by atoms with E-state index in [1.165, 1.54) is 0 Å². The summed E-state index contributed by atoms with van der Waals surface area (Å²) in [6, 6.07) is 0.0648. The number of urea groups is 1. The van der Waals surface area contributed by atoms with Crippen LogP contribution >= 0.6 is 0 Å². The van der Waals surface area contributed by atoms with E-state index in [-0.39, 0.29) is 12.1 Å². The summed E-state index contributed by atoms with van der Waals surface area (Å²) in [4.78, 5) is 25.6. The zero-order valence-corrected chi connectivity index (χ0v) is 12.1. The third kappa shape index (κ3) is 3.14. The Balaban J connectivity index is 1.97. The fourth-order valence-corrected chi connectivity index (χ4v) is 3.27. The number of hydrogen-bond acceptors (Lipinski definition) is 2. The van der Waals surface area contributed by atoms with Gasteiger partial charge in [0.15, 0.2) is 0 Å². The second-order valence-electron chi connectivity index (χ2n) is 5.95. The van der Waals surface area contributed by atoms with Crippen molar-refractivity contribution >= 4 is 12.0 Å². The Bertz CT molecular complexity index is 396. The van der Waals surface area contributed by atoms with Crippen LogP contribution in [0.2, 0.25) is 0 Å². The van der Waals surface area contributed by atoms with Crippen molar-refractivity contribution in [2.24, 2.45) is 5.41 Å². The number of amides is 2. The molecule has 1 fully saturated rings. The molecule has 0 saturated carbocycles. The molecule has 5 heteroatoms. The average molecular weight is 280 g/mol. The maximum Gasteiger partial charge on any atom is 0.317 e. The number of carboxylic acid groups (broad SMARTS) is 1. The Morgan fingerprint density at radius 2 is 2.10 bits per heavy atom. The van der Waals surface area contributed by atoms with E-state index in [2.05, 4.69) is 17.5 Å². The Morgan fingerprint density at radius 1 is 1.40 bits per heavy atom. The molecule has 20 heavy (non-hydrogen) atoms. The summed E-state index contributed by atoms with van der Waals surface area (Å²) in [6.45, 7) is 2.99. The van der Waals surface area contributed by atoms with Gasteiger partial charge in [-0.1, -0.05) is 25.5 Å². The van der Waals surface area contributed by atoms with E-state index < -0.39 is 11.4 Å². The summed E-state index contributed by atoms with van der Waals surface area (Å²) in [7, 11) is 0. The van der Waals surface area contributed by atoms with E-state index >= 15 is 0 Å². The molecule has 0 spiro atoms. The largest absolute Gasteiger partial charge is 0.481 e. The lowest BCUT2D eigenvalue weighted by Gasteiger charge is -2.40. The summed E-state index contributed by atoms with van der Waals surface area (Å²) < 4.78 is 0. The topological polar surface area (TPSA) is 69.6 Å². The Hall–Kier alpha value is -1.52. The molecule has 1 heterocycles. The van der Waals surface area contributed by atoms with Crippen LogP contribution in [-0.2, 0) is 4.79 Å². The second-order valence-corrected chi connectivity index (χ2v) is 5.95. The van der Waals surface area contributed by atoms with Crippen molar-refractivity contribution in [1.29, 1.82) is 0 Å². The highest BCUT2D eigenvalue weighted by Gasteiger charge is 2.42. The third-order valence-electron chi connectivity index (χ3n) is 4.38. The fourth-order valence-electron chi connectivity index (χ4n) is 3.27. The van der Waals surface area contributed by atoms with Gasteiger partial charge in [-0.15, -0.1) is 0 Å². The van der Waals surface area contributed by atoms with Crippen LogP contribution in [0.1, 0.15) is 45.4 Å². The van der Waals surface area contributed by atoms with Gasteiger partial charge in [-0.25, -0.2) is 4.79 Å². The molecule has 1 aliphatic heterocycles. The number of piperidine rings is 1. The van der Waals surface area contributed by atoms with Gasteiger partial charge < -0.3 is 15.3 Å². The first kappa shape index (κ1) is 14.9. The van der Waals surface area contributed by atoms with Crippen molar-refractivity contribution < 1.29 is 14.7 Å². The zero-order chi connectivity index (χ0) is 14.6. The number of hydrogen-bond donors (Lipinski definition) is 2. The van der Waals surface area contributed by atoms with E-state index in [9.17, 15) is 14.7 Å². The predicted octanol–water partition coefficient (Wildman–Crippen LogP) is 2.38. The molecule has 1 atom stereocenters. The molecular formula is C15H24N2O3. The van der Waals surface area contributed by atoms with Crippen LogP contribution in [-0.4, -0.2) is 41.1 Å². The number of carbonyl (C=O) groups excluding carboxylic acids is 1. The van der Waals surface area contributed by atoms with Crippen molar-refractivity contribution in [2.45, 2.75) is 51.5 Å². The monoisotopic (exact) mass is 280 g/mol. The molecular weight excluding hydrogens is 256 g/mol. The van der Waals surface area contributed by atoms with Crippen LogP contribution in [0.4, 0.5) is 4.79 Å². The van der Waals surface area contributed by atoms with Crippen molar-refractivity contribution in [1.82, 2.24) is 10.2 Å². The van der Waals surface area contributed by atoms with Crippen LogP contribution < -0.4 is 5.32 Å². The highest BCUT2D eigenvalue weighted by atomic mass is 16.4. The second kappa shape index (κ2) is 6.29. The minimum absolute atomic E-state index is 0.111. The van der Waals surface area contributed by atoms with E-state index in [1.54, 1.807) is 4.90 Å². The molecule has 0 aromatic carbocycles. The maximum absolute atomic E-state index is 12.3. The van der Waals surface area contributed by atoms with Crippen LogP contribution in [0.15, 0.2) is 12.2 Å². The Morgan fingerprint density at radius 3 is 2.70 bits per heavy atom. The molecule has 112 valence electrons. The van der Waals surface area contributed by atoms with Gasteiger partial charge >= 0.3 is 12.0 Å². The van der Waals surface area contributed by atoms with Gasteiger partial charge in [0.2, 0.25) is 0 Å². The molecule has 1 aliphatic carbocycles. The molecule has 0 aromatic rings. The summed E-state index contributed by atoms with van der Waals surface area (Å²) in [6.07, 6.45) is 8.79. The van der Waals surface area contributed by atoms with Crippen LogP contribution in [0, 0.1) is 5.41 Å². The van der Waals surface area contributed by atoms with E-state index in [4.69, 9.17) is 0 Å². The first-order chi connectivity index (χ1) is 9.57. The molecule has 0 bridgehead atoms. The lowest BCUT2D eigenvalue weighted by atomic mass is 9.76. The number of nitrogens with one attached hydrogen (secondary N) is 1. The van der Waals surface area contributed by atoms with Gasteiger partial charge in [-0.2, -0.15) is 0 Å². The molecule has 5 nitrogen and oxygen atoms in total. The minimum Gasteiger partial charge on any atom is -0.481 e. The van der Waals surface area contributed by atoms with Crippen molar-refractivity contribution in [3.05, 3.63) is 12.2 Å². The number of rotatable bonds is 4. The van der Waals surface area contributed by atoms with Gasteiger partial charge in [0.05, 0.1) is 5.41 Å². The molecule has 2 rings (SSSR count). The lowest BCUT2D eigenvalue weighted by Crippen LogP contribution is -2.53. The van der Waals surface area contributed by atoms with Gasteiger partial charge in [0, 0.05) is 19.1 Å². The maximum atomic E-state index is 12.3. The number of aliphatic carboxylic acids is 1. The van der Waals surface area contributed by atoms with E-state index in [0.717, 1.165) is 25.7 Å². The van der Waals surface area contributed by atoms with Crippen LogP contribution in [0.5, 0.6) is 0 Å². The van der Waals surface area contributed by atoms with Crippen molar-refractivity contribution in [3.8, 4) is 0 Å². The average Bonchev–Trinajstić information content (AvgIpc) is 2.92. The van der Waals surface area contributed by atoms with Gasteiger partial charge in [-0.3, -0.25) is 4.79 Å². The van der Waals surface area contributed by atoms with E-state index in [1.807, 2.05) is 6.92 Å². The standard InChI is InChI=1S/C15H24N2O3/c1-2-8-15(13(18)19)9-5-10-17(11-15)14(20)16-12-6-3-4-7-12/h3-4,12H,2,5-11H2,1H3,(H,16,20)(H,18,19). The van der Waals surface area contributed by atoms with Crippen LogP contribution in [0.25, 0.3) is 0 Å². The highest BCUT2D eigenvalue weighted by molar-refractivity contribution is 5.79. The SMILES string of the molecule is CCCC1(C(=O)O)CCCN(C(=O)NC2CC=CC2)C1.